The normalized spacial score (nSPS) is 32.2. The molecule has 0 aromatic heterocycles. The van der Waals surface area contributed by atoms with E-state index < -0.39 is 0 Å². The number of rotatable bonds is 3. The number of nitrogens with zero attached hydrogens (tertiary/aromatic N) is 1. The first-order chi connectivity index (χ1) is 5.83. The monoisotopic (exact) mass is 169 g/mol. The van der Waals surface area contributed by atoms with Gasteiger partial charge in [0.1, 0.15) is 0 Å². The van der Waals surface area contributed by atoms with Gasteiger partial charge in [-0.15, -0.1) is 0 Å². The van der Waals surface area contributed by atoms with Crippen LogP contribution in [-0.4, -0.2) is 24.0 Å². The van der Waals surface area contributed by atoms with E-state index in [1.807, 2.05) is 0 Å². The lowest BCUT2D eigenvalue weighted by molar-refractivity contribution is 0.0926. The fourth-order valence-corrected chi connectivity index (χ4v) is 2.67. The molecule has 2 atom stereocenters. The molecule has 1 heterocycles. The Bertz CT molecular complexity index is 110. The molecule has 1 saturated heterocycles. The fourth-order valence-electron chi connectivity index (χ4n) is 2.67. The molecule has 0 aromatic rings. The first-order valence-electron chi connectivity index (χ1n) is 5.57. The van der Waals surface area contributed by atoms with E-state index in [2.05, 4.69) is 25.7 Å². The molecular formula is C11H23N. The Morgan fingerprint density at radius 1 is 1.17 bits per heavy atom. The van der Waals surface area contributed by atoms with Crippen LogP contribution < -0.4 is 0 Å². The van der Waals surface area contributed by atoms with Crippen molar-refractivity contribution in [2.24, 2.45) is 5.92 Å². The molecule has 2 unspecified atom stereocenters. The molecule has 0 N–H and O–H groups in total. The van der Waals surface area contributed by atoms with E-state index in [4.69, 9.17) is 0 Å². The van der Waals surface area contributed by atoms with Crippen LogP contribution in [0, 0.1) is 5.92 Å². The van der Waals surface area contributed by atoms with Crippen LogP contribution >= 0.6 is 0 Å². The zero-order chi connectivity index (χ0) is 8.97. The molecule has 1 aliphatic heterocycles. The van der Waals surface area contributed by atoms with Crippen molar-refractivity contribution in [2.45, 2.75) is 52.5 Å². The summed E-state index contributed by atoms with van der Waals surface area (Å²) in [4.78, 5) is 2.66. The molecule has 1 rings (SSSR count). The van der Waals surface area contributed by atoms with Gasteiger partial charge in [-0.2, -0.15) is 0 Å². The second-order valence-electron chi connectivity index (χ2n) is 3.91. The molecule has 12 heavy (non-hydrogen) atoms. The minimum atomic E-state index is 0.883. The Morgan fingerprint density at radius 3 is 2.42 bits per heavy atom. The van der Waals surface area contributed by atoms with Gasteiger partial charge in [-0.25, -0.2) is 0 Å². The molecular weight excluding hydrogens is 146 g/mol. The van der Waals surface area contributed by atoms with Crippen LogP contribution in [0.1, 0.15) is 46.5 Å². The zero-order valence-corrected chi connectivity index (χ0v) is 8.84. The molecule has 0 radical (unpaired) electrons. The maximum absolute atomic E-state index is 2.66. The van der Waals surface area contributed by atoms with Crippen LogP contribution in [-0.2, 0) is 0 Å². The van der Waals surface area contributed by atoms with Crippen LogP contribution in [0.5, 0.6) is 0 Å². The number of likely N-dealkylation sites (tertiary alicyclic amines) is 1. The maximum atomic E-state index is 2.66. The molecule has 1 aliphatic rings. The van der Waals surface area contributed by atoms with E-state index >= 15 is 0 Å². The van der Waals surface area contributed by atoms with Crippen molar-refractivity contribution in [1.82, 2.24) is 4.90 Å². The molecule has 1 heteroatoms. The van der Waals surface area contributed by atoms with Crippen LogP contribution in [0.4, 0.5) is 0 Å². The fraction of sp³-hybridized carbons (Fsp3) is 1.00. The summed E-state index contributed by atoms with van der Waals surface area (Å²) in [7, 11) is 0. The highest BCUT2D eigenvalue weighted by molar-refractivity contribution is 4.81. The minimum Gasteiger partial charge on any atom is -0.300 e. The number of hydrogen-bond acceptors (Lipinski definition) is 1. The van der Waals surface area contributed by atoms with Gasteiger partial charge < -0.3 is 4.90 Å². The van der Waals surface area contributed by atoms with Gasteiger partial charge in [-0.05, 0) is 38.3 Å². The molecule has 1 nitrogen and oxygen atoms in total. The number of piperidine rings is 1. The summed E-state index contributed by atoms with van der Waals surface area (Å²) in [5, 5.41) is 0. The van der Waals surface area contributed by atoms with Crippen molar-refractivity contribution >= 4 is 0 Å². The molecule has 1 fully saturated rings. The number of hydrogen-bond donors (Lipinski definition) is 0. The highest BCUT2D eigenvalue weighted by atomic mass is 15.2. The lowest BCUT2D eigenvalue weighted by Gasteiger charge is -2.40. The van der Waals surface area contributed by atoms with Gasteiger partial charge in [-0.1, -0.05) is 27.2 Å². The first kappa shape index (κ1) is 10.0. The summed E-state index contributed by atoms with van der Waals surface area (Å²) in [6.07, 6.45) is 5.59. The summed E-state index contributed by atoms with van der Waals surface area (Å²) in [6, 6.07) is 0.883. The van der Waals surface area contributed by atoms with Gasteiger partial charge in [-0.3, -0.25) is 0 Å². The molecule has 72 valence electrons. The van der Waals surface area contributed by atoms with Crippen molar-refractivity contribution in [3.05, 3.63) is 0 Å². The SMILES string of the molecule is CCC1CCCN(CC)C1CC. The quantitative estimate of drug-likeness (QED) is 0.628. The van der Waals surface area contributed by atoms with Crippen LogP contribution in [0.15, 0.2) is 0 Å². The second-order valence-corrected chi connectivity index (χ2v) is 3.91. The molecule has 0 amide bonds. The van der Waals surface area contributed by atoms with Gasteiger partial charge in [0.05, 0.1) is 0 Å². The predicted octanol–water partition coefficient (Wildman–Crippen LogP) is 2.91. The predicted molar refractivity (Wildman–Crippen MR) is 54.3 cm³/mol. The summed E-state index contributed by atoms with van der Waals surface area (Å²) in [5.41, 5.74) is 0. The van der Waals surface area contributed by atoms with Gasteiger partial charge >= 0.3 is 0 Å². The molecule has 0 aliphatic carbocycles. The average molecular weight is 169 g/mol. The minimum absolute atomic E-state index is 0.883. The highest BCUT2D eigenvalue weighted by Crippen LogP contribution is 2.27. The topological polar surface area (TPSA) is 3.24 Å². The first-order valence-corrected chi connectivity index (χ1v) is 5.57. The summed E-state index contributed by atoms with van der Waals surface area (Å²) in [5.74, 6) is 0.976. The smallest absolute Gasteiger partial charge is 0.0121 e. The van der Waals surface area contributed by atoms with Gasteiger partial charge in [0.15, 0.2) is 0 Å². The van der Waals surface area contributed by atoms with Crippen molar-refractivity contribution < 1.29 is 0 Å². The lowest BCUT2D eigenvalue weighted by atomic mass is 9.86. The Balaban J connectivity index is 2.52. The summed E-state index contributed by atoms with van der Waals surface area (Å²) >= 11 is 0. The Labute approximate surface area is 77.1 Å². The summed E-state index contributed by atoms with van der Waals surface area (Å²) < 4.78 is 0. The van der Waals surface area contributed by atoms with E-state index in [-0.39, 0.29) is 0 Å². The van der Waals surface area contributed by atoms with Crippen molar-refractivity contribution in [1.29, 1.82) is 0 Å². The standard InChI is InChI=1S/C11H23N/c1-4-10-8-7-9-12(6-3)11(10)5-2/h10-11H,4-9H2,1-3H3. The zero-order valence-electron chi connectivity index (χ0n) is 8.84. The largest absolute Gasteiger partial charge is 0.300 e. The van der Waals surface area contributed by atoms with E-state index in [1.165, 1.54) is 38.8 Å². The van der Waals surface area contributed by atoms with Crippen molar-refractivity contribution in [2.75, 3.05) is 13.1 Å². The van der Waals surface area contributed by atoms with E-state index in [0.29, 0.717) is 0 Å². The van der Waals surface area contributed by atoms with Crippen LogP contribution in [0.3, 0.4) is 0 Å². The molecule has 0 saturated carbocycles. The Morgan fingerprint density at radius 2 is 1.92 bits per heavy atom. The van der Waals surface area contributed by atoms with Gasteiger partial charge in [0.25, 0.3) is 0 Å². The van der Waals surface area contributed by atoms with Crippen LogP contribution in [0.2, 0.25) is 0 Å². The second kappa shape index (κ2) is 4.86. The molecule has 0 aromatic carbocycles. The van der Waals surface area contributed by atoms with E-state index in [0.717, 1.165) is 12.0 Å². The highest BCUT2D eigenvalue weighted by Gasteiger charge is 2.27. The maximum Gasteiger partial charge on any atom is 0.0121 e. The Hall–Kier alpha value is -0.0400. The van der Waals surface area contributed by atoms with Crippen molar-refractivity contribution in [3.8, 4) is 0 Å². The Kier molecular flexibility index (Phi) is 4.07. The lowest BCUT2D eigenvalue weighted by Crippen LogP contribution is -2.44. The average Bonchev–Trinajstić information content (AvgIpc) is 2.16. The summed E-state index contributed by atoms with van der Waals surface area (Å²) in [6.45, 7) is 9.55. The van der Waals surface area contributed by atoms with Gasteiger partial charge in [0, 0.05) is 6.04 Å². The van der Waals surface area contributed by atoms with Gasteiger partial charge in [0.2, 0.25) is 0 Å². The van der Waals surface area contributed by atoms with E-state index in [9.17, 15) is 0 Å². The van der Waals surface area contributed by atoms with Crippen molar-refractivity contribution in [3.63, 3.8) is 0 Å². The third-order valence-electron chi connectivity index (χ3n) is 3.38. The molecule has 0 bridgehead atoms. The van der Waals surface area contributed by atoms with E-state index in [1.54, 1.807) is 0 Å². The third-order valence-corrected chi connectivity index (χ3v) is 3.38. The van der Waals surface area contributed by atoms with Crippen LogP contribution in [0.25, 0.3) is 0 Å². The molecule has 0 spiro atoms. The third kappa shape index (κ3) is 2.01.